The predicted octanol–water partition coefficient (Wildman–Crippen LogP) is 1.37. The van der Waals surface area contributed by atoms with Gasteiger partial charge in [-0.15, -0.1) is 0 Å². The Hall–Kier alpha value is -1.71. The van der Waals surface area contributed by atoms with Gasteiger partial charge in [0.1, 0.15) is 11.5 Å². The van der Waals surface area contributed by atoms with Crippen LogP contribution < -0.4 is 5.43 Å². The van der Waals surface area contributed by atoms with Gasteiger partial charge in [0.25, 0.3) is 0 Å². The summed E-state index contributed by atoms with van der Waals surface area (Å²) in [6.07, 6.45) is 0. The van der Waals surface area contributed by atoms with E-state index in [0.29, 0.717) is 16.6 Å². The van der Waals surface area contributed by atoms with Gasteiger partial charge in [-0.05, 0) is 25.1 Å². The standard InChI is InChI=1S/C9H7FN2O/c1-5-9(13)7-4-6(10)2-3-8(7)12-11-5/h2-4H,1H3,(H,12,13). The summed E-state index contributed by atoms with van der Waals surface area (Å²) in [4.78, 5) is 11.4. The maximum atomic E-state index is 12.8. The van der Waals surface area contributed by atoms with Crippen LogP contribution in [0.25, 0.3) is 10.9 Å². The highest BCUT2D eigenvalue weighted by molar-refractivity contribution is 5.77. The van der Waals surface area contributed by atoms with Crippen molar-refractivity contribution in [1.29, 1.82) is 0 Å². The molecule has 0 fully saturated rings. The third-order valence-corrected chi connectivity index (χ3v) is 1.90. The molecule has 1 aromatic carbocycles. The Balaban J connectivity index is 2.97. The van der Waals surface area contributed by atoms with E-state index in [2.05, 4.69) is 10.2 Å². The lowest BCUT2D eigenvalue weighted by Gasteiger charge is -1.97. The van der Waals surface area contributed by atoms with E-state index in [9.17, 15) is 9.18 Å². The first-order valence-corrected chi connectivity index (χ1v) is 3.83. The van der Waals surface area contributed by atoms with Crippen molar-refractivity contribution >= 4 is 10.9 Å². The Bertz CT molecular complexity index is 513. The van der Waals surface area contributed by atoms with Crippen LogP contribution in [0.2, 0.25) is 0 Å². The lowest BCUT2D eigenvalue weighted by Crippen LogP contribution is -2.09. The monoisotopic (exact) mass is 178 g/mol. The lowest BCUT2D eigenvalue weighted by atomic mass is 10.2. The molecule has 0 spiro atoms. The summed E-state index contributed by atoms with van der Waals surface area (Å²) < 4.78 is 12.8. The largest absolute Gasteiger partial charge is 0.287 e. The summed E-state index contributed by atoms with van der Waals surface area (Å²) in [6.45, 7) is 1.59. The summed E-state index contributed by atoms with van der Waals surface area (Å²) in [6, 6.07) is 4.00. The molecule has 0 radical (unpaired) electrons. The minimum atomic E-state index is -0.413. The van der Waals surface area contributed by atoms with E-state index in [1.54, 1.807) is 6.92 Å². The molecule has 2 aromatic rings. The third kappa shape index (κ3) is 1.20. The number of H-pyrrole nitrogens is 1. The molecule has 2 rings (SSSR count). The molecule has 13 heavy (non-hydrogen) atoms. The maximum absolute atomic E-state index is 12.8. The molecule has 0 saturated heterocycles. The van der Waals surface area contributed by atoms with Crippen LogP contribution in [-0.2, 0) is 0 Å². The second-order valence-corrected chi connectivity index (χ2v) is 2.83. The van der Waals surface area contributed by atoms with Gasteiger partial charge < -0.3 is 0 Å². The molecule has 0 aliphatic rings. The zero-order chi connectivity index (χ0) is 9.42. The summed E-state index contributed by atoms with van der Waals surface area (Å²) in [7, 11) is 0. The van der Waals surface area contributed by atoms with E-state index in [-0.39, 0.29) is 5.43 Å². The summed E-state index contributed by atoms with van der Waals surface area (Å²) in [5.74, 6) is -0.413. The molecule has 4 heteroatoms. The molecular formula is C9H7FN2O. The van der Waals surface area contributed by atoms with Crippen LogP contribution in [0.5, 0.6) is 0 Å². The molecule has 0 aliphatic carbocycles. The minimum Gasteiger partial charge on any atom is -0.287 e. The number of halogens is 1. The van der Waals surface area contributed by atoms with Gasteiger partial charge in [0, 0.05) is 0 Å². The van der Waals surface area contributed by atoms with Gasteiger partial charge in [-0.25, -0.2) is 4.39 Å². The highest BCUT2D eigenvalue weighted by Crippen LogP contribution is 2.08. The van der Waals surface area contributed by atoms with Crippen LogP contribution in [0.3, 0.4) is 0 Å². The molecule has 1 heterocycles. The first-order valence-electron chi connectivity index (χ1n) is 3.83. The van der Waals surface area contributed by atoms with Gasteiger partial charge in [-0.1, -0.05) is 0 Å². The normalized spacial score (nSPS) is 10.6. The number of nitrogens with zero attached hydrogens (tertiary/aromatic N) is 1. The van der Waals surface area contributed by atoms with Gasteiger partial charge in [-0.3, -0.25) is 9.89 Å². The predicted molar refractivity (Wildman–Crippen MR) is 47.1 cm³/mol. The van der Waals surface area contributed by atoms with Crippen molar-refractivity contribution in [1.82, 2.24) is 10.2 Å². The smallest absolute Gasteiger partial charge is 0.210 e. The molecule has 0 aliphatic heterocycles. The number of fused-ring (bicyclic) bond motifs is 1. The lowest BCUT2D eigenvalue weighted by molar-refractivity contribution is 0.629. The Labute approximate surface area is 73.2 Å². The van der Waals surface area contributed by atoms with E-state index in [1.807, 2.05) is 0 Å². The first-order chi connectivity index (χ1) is 6.18. The average Bonchev–Trinajstić information content (AvgIpc) is 2.12. The first kappa shape index (κ1) is 7.91. The molecule has 0 saturated carbocycles. The van der Waals surface area contributed by atoms with Crippen molar-refractivity contribution in [2.75, 3.05) is 0 Å². The van der Waals surface area contributed by atoms with Crippen LogP contribution in [-0.4, -0.2) is 10.2 Å². The van der Waals surface area contributed by atoms with Gasteiger partial charge >= 0.3 is 0 Å². The van der Waals surface area contributed by atoms with E-state index < -0.39 is 5.82 Å². The number of aryl methyl sites for hydroxylation is 1. The quantitative estimate of drug-likeness (QED) is 0.662. The third-order valence-electron chi connectivity index (χ3n) is 1.90. The fourth-order valence-corrected chi connectivity index (χ4v) is 1.19. The van der Waals surface area contributed by atoms with Crippen LogP contribution in [0.4, 0.5) is 4.39 Å². The molecule has 0 amide bonds. The fourth-order valence-electron chi connectivity index (χ4n) is 1.19. The zero-order valence-corrected chi connectivity index (χ0v) is 6.97. The zero-order valence-electron chi connectivity index (χ0n) is 6.97. The van der Waals surface area contributed by atoms with Gasteiger partial charge in [0.05, 0.1) is 10.9 Å². The van der Waals surface area contributed by atoms with E-state index >= 15 is 0 Å². The average molecular weight is 178 g/mol. The molecule has 0 bridgehead atoms. The Morgan fingerprint density at radius 1 is 1.46 bits per heavy atom. The minimum absolute atomic E-state index is 0.228. The maximum Gasteiger partial charge on any atom is 0.210 e. The highest BCUT2D eigenvalue weighted by atomic mass is 19.1. The molecular weight excluding hydrogens is 171 g/mol. The molecule has 1 aromatic heterocycles. The van der Waals surface area contributed by atoms with Gasteiger partial charge in [-0.2, -0.15) is 5.10 Å². The number of hydrogen-bond donors (Lipinski definition) is 1. The van der Waals surface area contributed by atoms with E-state index in [4.69, 9.17) is 0 Å². The SMILES string of the molecule is Cc1n[nH]c2ccc(F)cc2c1=O. The Morgan fingerprint density at radius 3 is 3.00 bits per heavy atom. The van der Waals surface area contributed by atoms with Crippen LogP contribution >= 0.6 is 0 Å². The van der Waals surface area contributed by atoms with Crippen molar-refractivity contribution in [2.45, 2.75) is 6.92 Å². The molecule has 0 unspecified atom stereocenters. The number of hydrogen-bond acceptors (Lipinski definition) is 2. The van der Waals surface area contributed by atoms with Gasteiger partial charge in [0.15, 0.2) is 0 Å². The highest BCUT2D eigenvalue weighted by Gasteiger charge is 2.02. The topological polar surface area (TPSA) is 45.8 Å². The number of aromatic nitrogens is 2. The second kappa shape index (κ2) is 2.65. The number of benzene rings is 1. The number of nitrogens with one attached hydrogen (secondary N) is 1. The summed E-state index contributed by atoms with van der Waals surface area (Å²) in [5.41, 5.74) is 0.670. The summed E-state index contributed by atoms with van der Waals surface area (Å²) >= 11 is 0. The van der Waals surface area contributed by atoms with Crippen molar-refractivity contribution in [3.63, 3.8) is 0 Å². The summed E-state index contributed by atoms with van der Waals surface area (Å²) in [5, 5.41) is 6.79. The molecule has 66 valence electrons. The number of rotatable bonds is 0. The Morgan fingerprint density at radius 2 is 2.23 bits per heavy atom. The second-order valence-electron chi connectivity index (χ2n) is 2.83. The number of aromatic amines is 1. The van der Waals surface area contributed by atoms with E-state index in [0.717, 1.165) is 0 Å². The Kier molecular flexibility index (Phi) is 1.62. The van der Waals surface area contributed by atoms with Gasteiger partial charge in [0.2, 0.25) is 5.43 Å². The molecule has 3 nitrogen and oxygen atoms in total. The van der Waals surface area contributed by atoms with Crippen LogP contribution in [0.1, 0.15) is 5.69 Å². The molecule has 0 atom stereocenters. The van der Waals surface area contributed by atoms with Crippen molar-refractivity contribution < 1.29 is 4.39 Å². The van der Waals surface area contributed by atoms with Crippen molar-refractivity contribution in [2.24, 2.45) is 0 Å². The van der Waals surface area contributed by atoms with Crippen LogP contribution in [0, 0.1) is 12.7 Å². The van der Waals surface area contributed by atoms with E-state index in [1.165, 1.54) is 18.2 Å². The fraction of sp³-hybridized carbons (Fsp3) is 0.111. The molecule has 1 N–H and O–H groups in total. The van der Waals surface area contributed by atoms with Crippen LogP contribution in [0.15, 0.2) is 23.0 Å². The van der Waals surface area contributed by atoms with Crippen molar-refractivity contribution in [3.05, 3.63) is 39.9 Å². The van der Waals surface area contributed by atoms with Crippen molar-refractivity contribution in [3.8, 4) is 0 Å².